The topological polar surface area (TPSA) is 76.0 Å². The van der Waals surface area contributed by atoms with Crippen LogP contribution in [0.3, 0.4) is 0 Å². The van der Waals surface area contributed by atoms with Gasteiger partial charge in [0.2, 0.25) is 0 Å². The summed E-state index contributed by atoms with van der Waals surface area (Å²) in [5, 5.41) is 11.0. The van der Waals surface area contributed by atoms with E-state index in [-0.39, 0.29) is 23.1 Å². The van der Waals surface area contributed by atoms with Gasteiger partial charge in [0.1, 0.15) is 17.4 Å². The number of fused-ring (bicyclic) bond motifs is 1. The molecule has 0 radical (unpaired) electrons. The zero-order valence-corrected chi connectivity index (χ0v) is 19.4. The molecule has 6 nitrogen and oxygen atoms in total. The van der Waals surface area contributed by atoms with Gasteiger partial charge in [-0.15, -0.1) is 0 Å². The fourth-order valence-corrected chi connectivity index (χ4v) is 4.93. The first-order chi connectivity index (χ1) is 15.7. The standard InChI is InChI=1S/C27H28N4O2/c1-16-8-7-10-18(12-16)24-23-21(13-27(3,4)14-22(23)32)29-25-19(15-28-31(24)25)26(33)30-20-11-6-5-9-17(20)2/h5-12,15,24,29H,13-14H2,1-4H3,(H,30,33). The predicted molar refractivity (Wildman–Crippen MR) is 129 cm³/mol. The number of para-hydroxylation sites is 1. The molecule has 1 aromatic heterocycles. The van der Waals surface area contributed by atoms with Crippen molar-refractivity contribution in [2.24, 2.45) is 5.41 Å². The number of anilines is 2. The summed E-state index contributed by atoms with van der Waals surface area (Å²) >= 11 is 0. The lowest BCUT2D eigenvalue weighted by Gasteiger charge is -2.39. The monoisotopic (exact) mass is 440 g/mol. The molecule has 1 aliphatic heterocycles. The maximum Gasteiger partial charge on any atom is 0.261 e. The Morgan fingerprint density at radius 1 is 1.12 bits per heavy atom. The lowest BCUT2D eigenvalue weighted by molar-refractivity contribution is -0.118. The Kier molecular flexibility index (Phi) is 4.96. The second-order valence-electron chi connectivity index (χ2n) is 9.90. The number of hydrogen-bond donors (Lipinski definition) is 2. The smallest absolute Gasteiger partial charge is 0.261 e. The van der Waals surface area contributed by atoms with Gasteiger partial charge in [-0.05, 0) is 42.9 Å². The molecular weight excluding hydrogens is 412 g/mol. The molecule has 33 heavy (non-hydrogen) atoms. The maximum atomic E-state index is 13.3. The van der Waals surface area contributed by atoms with Gasteiger partial charge in [0.15, 0.2) is 5.78 Å². The zero-order chi connectivity index (χ0) is 23.3. The van der Waals surface area contributed by atoms with Crippen LogP contribution in [0.4, 0.5) is 11.5 Å². The summed E-state index contributed by atoms with van der Waals surface area (Å²) < 4.78 is 1.79. The lowest BCUT2D eigenvalue weighted by Crippen LogP contribution is -2.37. The number of allylic oxidation sites excluding steroid dienone is 2. The van der Waals surface area contributed by atoms with Crippen LogP contribution in [-0.2, 0) is 4.79 Å². The van der Waals surface area contributed by atoms with E-state index in [1.165, 1.54) is 0 Å². The summed E-state index contributed by atoms with van der Waals surface area (Å²) in [6.07, 6.45) is 2.82. The van der Waals surface area contributed by atoms with Crippen LogP contribution < -0.4 is 10.6 Å². The van der Waals surface area contributed by atoms with Crippen LogP contribution in [0.1, 0.15) is 59.8 Å². The number of ketones is 1. The van der Waals surface area contributed by atoms with Gasteiger partial charge in [-0.3, -0.25) is 9.59 Å². The summed E-state index contributed by atoms with van der Waals surface area (Å²) in [5.41, 5.74) is 5.81. The number of carbonyl (C=O) groups excluding carboxylic acids is 2. The van der Waals surface area contributed by atoms with Gasteiger partial charge in [-0.1, -0.05) is 61.9 Å². The maximum absolute atomic E-state index is 13.3. The van der Waals surface area contributed by atoms with E-state index in [4.69, 9.17) is 0 Å². The van der Waals surface area contributed by atoms with Crippen LogP contribution in [0.25, 0.3) is 0 Å². The van der Waals surface area contributed by atoms with E-state index in [1.807, 2.05) is 56.3 Å². The molecule has 2 aliphatic rings. The molecule has 1 aliphatic carbocycles. The highest BCUT2D eigenvalue weighted by Crippen LogP contribution is 2.46. The summed E-state index contributed by atoms with van der Waals surface area (Å²) in [6.45, 7) is 8.21. The number of rotatable bonds is 3. The van der Waals surface area contributed by atoms with Gasteiger partial charge < -0.3 is 10.6 Å². The van der Waals surface area contributed by atoms with Crippen LogP contribution in [0.5, 0.6) is 0 Å². The number of nitrogens with one attached hydrogen (secondary N) is 2. The first kappa shape index (κ1) is 21.2. The van der Waals surface area contributed by atoms with E-state index in [9.17, 15) is 9.59 Å². The van der Waals surface area contributed by atoms with E-state index in [1.54, 1.807) is 10.9 Å². The van der Waals surface area contributed by atoms with Crippen molar-refractivity contribution in [3.63, 3.8) is 0 Å². The van der Waals surface area contributed by atoms with Crippen molar-refractivity contribution in [1.29, 1.82) is 0 Å². The Labute approximate surface area is 193 Å². The number of aromatic nitrogens is 2. The van der Waals surface area contributed by atoms with E-state index in [2.05, 4.69) is 35.6 Å². The van der Waals surface area contributed by atoms with Crippen LogP contribution in [0.2, 0.25) is 0 Å². The molecule has 0 saturated heterocycles. The van der Waals surface area contributed by atoms with Crippen molar-refractivity contribution in [3.8, 4) is 0 Å². The molecule has 2 N–H and O–H groups in total. The second-order valence-corrected chi connectivity index (χ2v) is 9.90. The minimum absolute atomic E-state index is 0.132. The first-order valence-corrected chi connectivity index (χ1v) is 11.3. The largest absolute Gasteiger partial charge is 0.343 e. The number of aryl methyl sites for hydroxylation is 2. The molecule has 2 aromatic carbocycles. The van der Waals surface area contributed by atoms with Crippen LogP contribution in [0, 0.1) is 19.3 Å². The molecular formula is C27H28N4O2. The van der Waals surface area contributed by atoms with Gasteiger partial charge in [-0.25, -0.2) is 4.68 Å². The summed E-state index contributed by atoms with van der Waals surface area (Å²) in [6, 6.07) is 15.5. The van der Waals surface area contributed by atoms with Crippen molar-refractivity contribution in [1.82, 2.24) is 9.78 Å². The molecule has 0 spiro atoms. The highest BCUT2D eigenvalue weighted by molar-refractivity contribution is 6.08. The molecule has 0 saturated carbocycles. The molecule has 1 atom stereocenters. The average molecular weight is 441 g/mol. The molecule has 2 heterocycles. The first-order valence-electron chi connectivity index (χ1n) is 11.3. The summed E-state index contributed by atoms with van der Waals surface area (Å²) in [5.74, 6) is 0.524. The Morgan fingerprint density at radius 3 is 2.67 bits per heavy atom. The number of benzene rings is 2. The second kappa shape index (κ2) is 7.73. The summed E-state index contributed by atoms with van der Waals surface area (Å²) in [7, 11) is 0. The fraction of sp³-hybridized carbons (Fsp3) is 0.296. The quantitative estimate of drug-likeness (QED) is 0.571. The Bertz CT molecular complexity index is 1320. The van der Waals surface area contributed by atoms with Crippen molar-refractivity contribution >= 4 is 23.2 Å². The Morgan fingerprint density at radius 2 is 1.91 bits per heavy atom. The predicted octanol–water partition coefficient (Wildman–Crippen LogP) is 5.41. The van der Waals surface area contributed by atoms with E-state index in [0.717, 1.165) is 40.1 Å². The van der Waals surface area contributed by atoms with E-state index >= 15 is 0 Å². The van der Waals surface area contributed by atoms with E-state index < -0.39 is 0 Å². The number of carbonyl (C=O) groups is 2. The van der Waals surface area contributed by atoms with Gasteiger partial charge in [0.05, 0.1) is 6.20 Å². The number of nitrogens with zero attached hydrogens (tertiary/aromatic N) is 2. The van der Waals surface area contributed by atoms with Crippen molar-refractivity contribution in [3.05, 3.63) is 88.3 Å². The summed E-state index contributed by atoms with van der Waals surface area (Å²) in [4.78, 5) is 26.6. The number of Topliss-reactive ketones (excluding diaryl/α,β-unsaturated/α-hetero) is 1. The normalized spacial score (nSPS) is 18.9. The highest BCUT2D eigenvalue weighted by Gasteiger charge is 2.42. The minimum atomic E-state index is -0.361. The van der Waals surface area contributed by atoms with Crippen LogP contribution in [0.15, 0.2) is 66.0 Å². The Hall–Kier alpha value is -3.67. The molecule has 5 rings (SSSR count). The molecule has 0 bridgehead atoms. The molecule has 3 aromatic rings. The minimum Gasteiger partial charge on any atom is -0.343 e. The number of hydrogen-bond acceptors (Lipinski definition) is 4. The number of amides is 1. The SMILES string of the molecule is Cc1cccc(C2C3=C(CC(C)(C)CC3=O)Nc3c(C(=O)Nc4ccccc4C)cnn32)c1. The molecule has 1 unspecified atom stereocenters. The molecule has 0 fully saturated rings. The van der Waals surface area contributed by atoms with Gasteiger partial charge in [0, 0.05) is 23.4 Å². The molecule has 6 heteroatoms. The van der Waals surface area contributed by atoms with Crippen LogP contribution in [-0.4, -0.2) is 21.5 Å². The highest BCUT2D eigenvalue weighted by atomic mass is 16.1. The third-order valence-electron chi connectivity index (χ3n) is 6.50. The van der Waals surface area contributed by atoms with Crippen molar-refractivity contribution < 1.29 is 9.59 Å². The van der Waals surface area contributed by atoms with Gasteiger partial charge >= 0.3 is 0 Å². The van der Waals surface area contributed by atoms with E-state index in [0.29, 0.717) is 17.8 Å². The van der Waals surface area contributed by atoms with Gasteiger partial charge in [0.25, 0.3) is 5.91 Å². The van der Waals surface area contributed by atoms with Crippen molar-refractivity contribution in [2.75, 3.05) is 10.6 Å². The Balaban J connectivity index is 1.61. The fourth-order valence-electron chi connectivity index (χ4n) is 4.93. The molecule has 168 valence electrons. The average Bonchev–Trinajstić information content (AvgIpc) is 3.16. The van der Waals surface area contributed by atoms with Gasteiger partial charge in [-0.2, -0.15) is 5.10 Å². The van der Waals surface area contributed by atoms with Crippen molar-refractivity contribution in [2.45, 2.75) is 46.6 Å². The lowest BCUT2D eigenvalue weighted by atomic mass is 9.73. The third-order valence-corrected chi connectivity index (χ3v) is 6.50. The zero-order valence-electron chi connectivity index (χ0n) is 19.4. The van der Waals surface area contributed by atoms with Crippen LogP contribution >= 0.6 is 0 Å². The molecule has 1 amide bonds. The third kappa shape index (κ3) is 3.75.